The predicted molar refractivity (Wildman–Crippen MR) is 117 cm³/mol. The minimum Gasteiger partial charge on any atom is -0.479 e. The molecule has 2 heterocycles. The molecule has 0 saturated heterocycles. The number of nitrogens with zero attached hydrogens (tertiary/aromatic N) is 5. The molecule has 0 N–H and O–H groups in total. The van der Waals surface area contributed by atoms with Gasteiger partial charge in [0.05, 0.1) is 11.1 Å². The second-order valence-electron chi connectivity index (χ2n) is 7.85. The van der Waals surface area contributed by atoms with Crippen LogP contribution in [0.4, 0.5) is 13.2 Å². The Hall–Kier alpha value is -3.84. The SMILES string of the molecule is Cn1c(-c2ccccc2C(F)(F)F)nnc1C(C)(C)Oc1ccc(Cl)cc1-c1nc(C#N)co1. The molecule has 0 amide bonds. The van der Waals surface area contributed by atoms with Gasteiger partial charge in [-0.15, -0.1) is 10.2 Å². The smallest absolute Gasteiger partial charge is 0.417 e. The first kappa shape index (κ1) is 23.3. The molecule has 2 aromatic carbocycles. The van der Waals surface area contributed by atoms with Crippen LogP contribution in [0.3, 0.4) is 0 Å². The van der Waals surface area contributed by atoms with E-state index in [1.807, 2.05) is 6.07 Å². The third kappa shape index (κ3) is 4.34. The van der Waals surface area contributed by atoms with Crippen molar-refractivity contribution in [3.05, 3.63) is 70.8 Å². The number of oxazole rings is 1. The third-order valence-electron chi connectivity index (χ3n) is 5.04. The molecular weight excluding hydrogens is 471 g/mol. The Morgan fingerprint density at radius 3 is 2.50 bits per heavy atom. The molecule has 7 nitrogen and oxygen atoms in total. The van der Waals surface area contributed by atoms with Gasteiger partial charge in [-0.05, 0) is 38.1 Å². The van der Waals surface area contributed by atoms with Crippen molar-refractivity contribution in [2.45, 2.75) is 25.6 Å². The molecule has 2 aromatic heterocycles. The van der Waals surface area contributed by atoms with E-state index in [2.05, 4.69) is 15.2 Å². The maximum absolute atomic E-state index is 13.5. The monoisotopic (exact) mass is 487 g/mol. The fourth-order valence-corrected chi connectivity index (χ4v) is 3.71. The van der Waals surface area contributed by atoms with Gasteiger partial charge in [-0.1, -0.05) is 29.8 Å². The fourth-order valence-electron chi connectivity index (χ4n) is 3.54. The van der Waals surface area contributed by atoms with Crippen molar-refractivity contribution < 1.29 is 22.3 Å². The van der Waals surface area contributed by atoms with Crippen molar-refractivity contribution >= 4 is 11.6 Å². The summed E-state index contributed by atoms with van der Waals surface area (Å²) >= 11 is 6.14. The van der Waals surface area contributed by atoms with Gasteiger partial charge in [-0.25, -0.2) is 0 Å². The van der Waals surface area contributed by atoms with Gasteiger partial charge in [0.2, 0.25) is 5.89 Å². The van der Waals surface area contributed by atoms with Crippen molar-refractivity contribution in [3.63, 3.8) is 0 Å². The van der Waals surface area contributed by atoms with Crippen LogP contribution in [0.15, 0.2) is 53.1 Å². The summed E-state index contributed by atoms with van der Waals surface area (Å²) in [5.41, 5.74) is -1.57. The lowest BCUT2D eigenvalue weighted by Gasteiger charge is -2.26. The highest BCUT2D eigenvalue weighted by atomic mass is 35.5. The molecular formula is C23H17ClF3N5O2. The summed E-state index contributed by atoms with van der Waals surface area (Å²) in [5.74, 6) is 0.774. The lowest BCUT2D eigenvalue weighted by molar-refractivity contribution is -0.137. The van der Waals surface area contributed by atoms with Crippen LogP contribution in [0.1, 0.15) is 30.9 Å². The molecule has 34 heavy (non-hydrogen) atoms. The van der Waals surface area contributed by atoms with Crippen LogP contribution in [0.5, 0.6) is 5.75 Å². The first-order chi connectivity index (χ1) is 16.0. The van der Waals surface area contributed by atoms with Gasteiger partial charge in [-0.2, -0.15) is 23.4 Å². The van der Waals surface area contributed by atoms with E-state index in [-0.39, 0.29) is 28.8 Å². The Morgan fingerprint density at radius 2 is 1.82 bits per heavy atom. The molecule has 0 atom stereocenters. The summed E-state index contributed by atoms with van der Waals surface area (Å²) in [6.45, 7) is 3.40. The summed E-state index contributed by atoms with van der Waals surface area (Å²) in [6, 6.07) is 11.8. The van der Waals surface area contributed by atoms with E-state index >= 15 is 0 Å². The summed E-state index contributed by atoms with van der Waals surface area (Å²) < 4.78 is 53.6. The van der Waals surface area contributed by atoms with Gasteiger partial charge in [0.25, 0.3) is 0 Å². The molecule has 0 unspecified atom stereocenters. The molecule has 0 aliphatic heterocycles. The van der Waals surface area contributed by atoms with Crippen LogP contribution >= 0.6 is 11.6 Å². The number of hydrogen-bond acceptors (Lipinski definition) is 6. The number of benzene rings is 2. The number of halogens is 4. The largest absolute Gasteiger partial charge is 0.479 e. The van der Waals surface area contributed by atoms with Crippen LogP contribution in [-0.2, 0) is 18.8 Å². The molecule has 0 aliphatic rings. The number of ether oxygens (including phenoxy) is 1. The van der Waals surface area contributed by atoms with Gasteiger partial charge in [0, 0.05) is 17.6 Å². The predicted octanol–water partition coefficient (Wildman–Crippen LogP) is 6.00. The second-order valence-corrected chi connectivity index (χ2v) is 8.29. The van der Waals surface area contributed by atoms with Gasteiger partial charge in [0.1, 0.15) is 18.1 Å². The van der Waals surface area contributed by atoms with E-state index in [4.69, 9.17) is 26.0 Å². The van der Waals surface area contributed by atoms with Crippen LogP contribution in [0.25, 0.3) is 22.8 Å². The van der Waals surface area contributed by atoms with Gasteiger partial charge in [-0.3, -0.25) is 0 Å². The molecule has 11 heteroatoms. The highest BCUT2D eigenvalue weighted by molar-refractivity contribution is 6.30. The molecule has 0 radical (unpaired) electrons. The Kier molecular flexibility index (Phi) is 5.83. The molecule has 0 fully saturated rings. The lowest BCUT2D eigenvalue weighted by Crippen LogP contribution is -2.29. The fraction of sp³-hybridized carbons (Fsp3) is 0.217. The number of nitriles is 1. The summed E-state index contributed by atoms with van der Waals surface area (Å²) in [7, 11) is 1.57. The summed E-state index contributed by atoms with van der Waals surface area (Å²) in [4.78, 5) is 4.09. The zero-order valence-corrected chi connectivity index (χ0v) is 18.9. The third-order valence-corrected chi connectivity index (χ3v) is 5.28. The van der Waals surface area contributed by atoms with Crippen LogP contribution in [-0.4, -0.2) is 19.7 Å². The Morgan fingerprint density at radius 1 is 1.09 bits per heavy atom. The normalized spacial score (nSPS) is 11.9. The molecule has 0 aliphatic carbocycles. The zero-order valence-electron chi connectivity index (χ0n) is 18.2. The molecule has 0 saturated carbocycles. The van der Waals surface area contributed by atoms with Crippen molar-refractivity contribution in [1.29, 1.82) is 5.26 Å². The van der Waals surface area contributed by atoms with Crippen molar-refractivity contribution in [2.75, 3.05) is 0 Å². The molecule has 0 spiro atoms. The van der Waals surface area contributed by atoms with Gasteiger partial charge in [0.15, 0.2) is 22.9 Å². The standard InChI is InChI=1S/C23H17ClF3N5O2/c1-22(2,34-18-9-8-13(24)10-16(18)20-29-14(11-28)12-33-20)21-31-30-19(32(21)3)15-6-4-5-7-17(15)23(25,26)27/h4-10,12H,1-3H3. The molecule has 4 rings (SSSR count). The summed E-state index contributed by atoms with van der Waals surface area (Å²) in [5, 5.41) is 17.6. The van der Waals surface area contributed by atoms with E-state index in [9.17, 15) is 13.2 Å². The van der Waals surface area contributed by atoms with E-state index in [1.165, 1.54) is 29.0 Å². The lowest BCUT2D eigenvalue weighted by atomic mass is 10.1. The van der Waals surface area contributed by atoms with Gasteiger partial charge < -0.3 is 13.7 Å². The highest BCUT2D eigenvalue weighted by Gasteiger charge is 2.36. The van der Waals surface area contributed by atoms with Gasteiger partial charge >= 0.3 is 6.18 Å². The van der Waals surface area contributed by atoms with E-state index < -0.39 is 17.3 Å². The maximum atomic E-state index is 13.5. The maximum Gasteiger partial charge on any atom is 0.417 e. The second kappa shape index (κ2) is 8.50. The highest BCUT2D eigenvalue weighted by Crippen LogP contribution is 2.39. The molecule has 174 valence electrons. The van der Waals surface area contributed by atoms with Crippen molar-refractivity contribution in [2.24, 2.45) is 7.05 Å². The molecule has 0 bridgehead atoms. The zero-order chi connectivity index (χ0) is 24.7. The Balaban J connectivity index is 1.74. The van der Waals surface area contributed by atoms with E-state index in [1.54, 1.807) is 39.1 Å². The minimum absolute atomic E-state index is 0.0438. The summed E-state index contributed by atoms with van der Waals surface area (Å²) in [6.07, 6.45) is -3.34. The van der Waals surface area contributed by atoms with Crippen LogP contribution in [0, 0.1) is 11.3 Å². The molecule has 4 aromatic rings. The first-order valence-corrected chi connectivity index (χ1v) is 10.3. The first-order valence-electron chi connectivity index (χ1n) is 9.92. The average molecular weight is 488 g/mol. The minimum atomic E-state index is -4.55. The average Bonchev–Trinajstić information content (AvgIpc) is 3.41. The van der Waals surface area contributed by atoms with Crippen molar-refractivity contribution in [3.8, 4) is 34.7 Å². The topological polar surface area (TPSA) is 89.8 Å². The quantitative estimate of drug-likeness (QED) is 0.343. The van der Waals surface area contributed by atoms with E-state index in [0.29, 0.717) is 16.3 Å². The Bertz CT molecular complexity index is 1400. The Labute approximate surface area is 197 Å². The number of hydrogen-bond donors (Lipinski definition) is 0. The van der Waals surface area contributed by atoms with Crippen LogP contribution < -0.4 is 4.74 Å². The number of rotatable bonds is 5. The van der Waals surface area contributed by atoms with Crippen LogP contribution in [0.2, 0.25) is 5.02 Å². The number of alkyl halides is 3. The van der Waals surface area contributed by atoms with Crippen molar-refractivity contribution in [1.82, 2.24) is 19.7 Å². The number of aromatic nitrogens is 4. The van der Waals surface area contributed by atoms with E-state index in [0.717, 1.165) is 6.07 Å².